The highest BCUT2D eigenvalue weighted by Gasteiger charge is 2.35. The summed E-state index contributed by atoms with van der Waals surface area (Å²) in [5.41, 5.74) is 1.10. The Kier molecular flexibility index (Phi) is 8.44. The van der Waals surface area contributed by atoms with Crippen molar-refractivity contribution in [2.75, 3.05) is 31.5 Å². The predicted molar refractivity (Wildman–Crippen MR) is 108 cm³/mol. The van der Waals surface area contributed by atoms with Crippen molar-refractivity contribution in [3.8, 4) is 0 Å². The highest BCUT2D eigenvalue weighted by molar-refractivity contribution is 5.97. The molecule has 1 aromatic carbocycles. The number of rotatable bonds is 9. The molecule has 0 saturated heterocycles. The van der Waals surface area contributed by atoms with Crippen molar-refractivity contribution in [2.24, 2.45) is 11.8 Å². The molecule has 0 spiro atoms. The van der Waals surface area contributed by atoms with E-state index in [2.05, 4.69) is 29.4 Å². The molecule has 1 saturated carbocycles. The fraction of sp³-hybridized carbons (Fsp3) is 0.571. The Balaban J connectivity index is 1.88. The number of carbonyl (C=O) groups is 3. The van der Waals surface area contributed by atoms with Crippen LogP contribution in [0.25, 0.3) is 0 Å². The molecule has 1 aromatic rings. The van der Waals surface area contributed by atoms with E-state index in [1.165, 1.54) is 0 Å². The summed E-state index contributed by atoms with van der Waals surface area (Å²) >= 11 is 0. The molecule has 7 nitrogen and oxygen atoms in total. The Bertz CT molecular complexity index is 671. The normalized spacial score (nSPS) is 19.2. The Labute approximate surface area is 166 Å². The molecule has 0 aromatic heterocycles. The van der Waals surface area contributed by atoms with E-state index >= 15 is 0 Å². The molecule has 7 heteroatoms. The van der Waals surface area contributed by atoms with Gasteiger partial charge in [0.2, 0.25) is 5.91 Å². The smallest absolute Gasteiger partial charge is 0.307 e. The zero-order chi connectivity index (χ0) is 20.5. The molecule has 0 radical (unpaired) electrons. The molecule has 2 unspecified atom stereocenters. The molecule has 1 fully saturated rings. The first kappa shape index (κ1) is 21.9. The van der Waals surface area contributed by atoms with Gasteiger partial charge in [0, 0.05) is 24.3 Å². The van der Waals surface area contributed by atoms with Gasteiger partial charge in [0.05, 0.1) is 11.8 Å². The minimum absolute atomic E-state index is 0.150. The fourth-order valence-electron chi connectivity index (χ4n) is 3.65. The lowest BCUT2D eigenvalue weighted by atomic mass is 9.78. The average molecular weight is 389 g/mol. The number of nitrogens with one attached hydrogen (secondary N) is 2. The lowest BCUT2D eigenvalue weighted by Crippen LogP contribution is -2.36. The van der Waals surface area contributed by atoms with Gasteiger partial charge in [-0.05, 0) is 50.2 Å². The minimum atomic E-state index is -0.906. The molecule has 154 valence electrons. The van der Waals surface area contributed by atoms with Crippen molar-refractivity contribution in [2.45, 2.75) is 39.5 Å². The molecule has 2 rings (SSSR count). The second-order valence-corrected chi connectivity index (χ2v) is 7.19. The average Bonchev–Trinajstić information content (AvgIpc) is 2.71. The van der Waals surface area contributed by atoms with E-state index in [9.17, 15) is 19.5 Å². The fourth-order valence-corrected chi connectivity index (χ4v) is 3.65. The Morgan fingerprint density at radius 3 is 2.21 bits per heavy atom. The van der Waals surface area contributed by atoms with E-state index in [1.54, 1.807) is 24.3 Å². The Hall–Kier alpha value is -2.41. The van der Waals surface area contributed by atoms with Gasteiger partial charge in [0.1, 0.15) is 0 Å². The monoisotopic (exact) mass is 389 g/mol. The van der Waals surface area contributed by atoms with Gasteiger partial charge in [-0.2, -0.15) is 0 Å². The van der Waals surface area contributed by atoms with Crippen LogP contribution in [0.5, 0.6) is 0 Å². The van der Waals surface area contributed by atoms with Crippen LogP contribution in [0.15, 0.2) is 24.3 Å². The van der Waals surface area contributed by atoms with Gasteiger partial charge in [0.25, 0.3) is 5.91 Å². The third-order valence-corrected chi connectivity index (χ3v) is 5.44. The van der Waals surface area contributed by atoms with Crippen molar-refractivity contribution in [3.63, 3.8) is 0 Å². The van der Waals surface area contributed by atoms with E-state index in [-0.39, 0.29) is 11.8 Å². The third kappa shape index (κ3) is 6.05. The molecule has 0 bridgehead atoms. The number of amides is 2. The number of hydrogen-bond donors (Lipinski definition) is 3. The van der Waals surface area contributed by atoms with Crippen LogP contribution in [0.4, 0.5) is 5.69 Å². The van der Waals surface area contributed by atoms with Crippen molar-refractivity contribution in [1.82, 2.24) is 10.2 Å². The maximum Gasteiger partial charge on any atom is 0.307 e. The van der Waals surface area contributed by atoms with Crippen LogP contribution >= 0.6 is 0 Å². The highest BCUT2D eigenvalue weighted by Crippen LogP contribution is 2.31. The predicted octanol–water partition coefficient (Wildman–Crippen LogP) is 2.59. The zero-order valence-electron chi connectivity index (χ0n) is 16.7. The summed E-state index contributed by atoms with van der Waals surface area (Å²) in [4.78, 5) is 38.3. The summed E-state index contributed by atoms with van der Waals surface area (Å²) < 4.78 is 0. The first-order valence-electron chi connectivity index (χ1n) is 10.1. The van der Waals surface area contributed by atoms with E-state index in [0.29, 0.717) is 30.6 Å². The number of aliphatic carboxylic acids is 1. The molecule has 0 aliphatic heterocycles. The van der Waals surface area contributed by atoms with Gasteiger partial charge in [-0.25, -0.2) is 0 Å². The lowest BCUT2D eigenvalue weighted by molar-refractivity contribution is -0.147. The van der Waals surface area contributed by atoms with E-state index in [1.807, 2.05) is 0 Å². The summed E-state index contributed by atoms with van der Waals surface area (Å²) in [7, 11) is 0. The van der Waals surface area contributed by atoms with Crippen molar-refractivity contribution in [1.29, 1.82) is 0 Å². The number of carbonyl (C=O) groups excluding carboxylic acids is 2. The van der Waals surface area contributed by atoms with Crippen LogP contribution < -0.4 is 10.6 Å². The first-order chi connectivity index (χ1) is 13.5. The Morgan fingerprint density at radius 1 is 1.04 bits per heavy atom. The summed E-state index contributed by atoms with van der Waals surface area (Å²) in [5.74, 6) is -2.44. The number of nitrogens with zero attached hydrogens (tertiary/aromatic N) is 1. The van der Waals surface area contributed by atoms with Gasteiger partial charge in [-0.15, -0.1) is 0 Å². The van der Waals surface area contributed by atoms with Crippen molar-refractivity contribution in [3.05, 3.63) is 29.8 Å². The van der Waals surface area contributed by atoms with Crippen molar-refractivity contribution >= 4 is 23.5 Å². The summed E-state index contributed by atoms with van der Waals surface area (Å²) in [6, 6.07) is 6.68. The van der Waals surface area contributed by atoms with Crippen LogP contribution in [-0.4, -0.2) is 54.0 Å². The van der Waals surface area contributed by atoms with Gasteiger partial charge in [0.15, 0.2) is 0 Å². The van der Waals surface area contributed by atoms with E-state index in [4.69, 9.17) is 0 Å². The number of hydrogen-bond acceptors (Lipinski definition) is 4. The van der Waals surface area contributed by atoms with Crippen LogP contribution in [0.1, 0.15) is 49.9 Å². The molecule has 28 heavy (non-hydrogen) atoms. The first-order valence-corrected chi connectivity index (χ1v) is 10.1. The topological polar surface area (TPSA) is 98.7 Å². The molecule has 2 atom stereocenters. The molecule has 1 aliphatic carbocycles. The molecule has 2 amide bonds. The molecular formula is C21H31N3O4. The van der Waals surface area contributed by atoms with Crippen molar-refractivity contribution < 1.29 is 19.5 Å². The van der Waals surface area contributed by atoms with Gasteiger partial charge in [-0.3, -0.25) is 14.4 Å². The highest BCUT2D eigenvalue weighted by atomic mass is 16.4. The Morgan fingerprint density at radius 2 is 1.64 bits per heavy atom. The summed E-state index contributed by atoms with van der Waals surface area (Å²) in [5, 5.41) is 15.0. The van der Waals surface area contributed by atoms with E-state index < -0.39 is 17.8 Å². The standard InChI is InChI=1S/C21H31N3O4/c1-3-24(4-2)14-13-22-19(25)15-9-11-16(12-10-15)23-20(26)17-7-5-6-8-18(17)21(27)28/h9-12,17-18H,3-8,13-14H2,1-2H3,(H,22,25)(H,23,26)(H,27,28). The van der Waals surface area contributed by atoms with Gasteiger partial charge < -0.3 is 20.6 Å². The summed E-state index contributed by atoms with van der Waals surface area (Å²) in [6.45, 7) is 7.46. The van der Waals surface area contributed by atoms with Crippen LogP contribution in [0.3, 0.4) is 0 Å². The lowest BCUT2D eigenvalue weighted by Gasteiger charge is -2.27. The maximum atomic E-state index is 12.5. The van der Waals surface area contributed by atoms with Crippen LogP contribution in [0, 0.1) is 11.8 Å². The largest absolute Gasteiger partial charge is 0.481 e. The van der Waals surface area contributed by atoms with E-state index in [0.717, 1.165) is 32.5 Å². The number of carboxylic acids is 1. The minimum Gasteiger partial charge on any atom is -0.481 e. The number of anilines is 1. The number of carboxylic acid groups (broad SMARTS) is 1. The molecule has 3 N–H and O–H groups in total. The molecule has 1 aliphatic rings. The van der Waals surface area contributed by atoms with Gasteiger partial charge in [-0.1, -0.05) is 26.7 Å². The SMILES string of the molecule is CCN(CC)CCNC(=O)c1ccc(NC(=O)C2CCCCC2C(=O)O)cc1. The van der Waals surface area contributed by atoms with Crippen LogP contribution in [0.2, 0.25) is 0 Å². The molecular weight excluding hydrogens is 358 g/mol. The zero-order valence-corrected chi connectivity index (χ0v) is 16.7. The maximum absolute atomic E-state index is 12.5. The third-order valence-electron chi connectivity index (χ3n) is 5.44. The molecule has 0 heterocycles. The van der Waals surface area contributed by atoms with Gasteiger partial charge >= 0.3 is 5.97 Å². The second kappa shape index (κ2) is 10.8. The van der Waals surface area contributed by atoms with Crippen LogP contribution in [-0.2, 0) is 9.59 Å². The quantitative estimate of drug-likeness (QED) is 0.603. The number of likely N-dealkylation sites (N-methyl/N-ethyl adjacent to an activating group) is 1. The number of benzene rings is 1. The second-order valence-electron chi connectivity index (χ2n) is 7.19. The summed E-state index contributed by atoms with van der Waals surface area (Å²) in [6.07, 6.45) is 2.85.